The van der Waals surface area contributed by atoms with Gasteiger partial charge in [0.15, 0.2) is 0 Å². The van der Waals surface area contributed by atoms with Crippen LogP contribution in [0.5, 0.6) is 0 Å². The number of hydrogen-bond acceptors (Lipinski definition) is 4. The highest BCUT2D eigenvalue weighted by Crippen LogP contribution is 2.37. The third-order valence-electron chi connectivity index (χ3n) is 4.78. The normalized spacial score (nSPS) is 11.9. The number of nitrogens with zero attached hydrogens (tertiary/aromatic N) is 3. The molecule has 12 heteroatoms. The predicted octanol–water partition coefficient (Wildman–Crippen LogP) is 3.94. The van der Waals surface area contributed by atoms with E-state index in [0.29, 0.717) is 10.4 Å². The summed E-state index contributed by atoms with van der Waals surface area (Å²) < 4.78 is 66.6. The highest BCUT2D eigenvalue weighted by molar-refractivity contribution is 7.92. The quantitative estimate of drug-likeness (QED) is 0.532. The summed E-state index contributed by atoms with van der Waals surface area (Å²) in [5.41, 5.74) is 0.00293. The first-order valence-electron chi connectivity index (χ1n) is 9.57. The molecular weight excluding hydrogens is 481 g/mol. The molecule has 0 unspecified atom stereocenters. The van der Waals surface area contributed by atoms with Gasteiger partial charge < -0.3 is 9.88 Å². The van der Waals surface area contributed by atoms with Crippen LogP contribution in [0.1, 0.15) is 17.0 Å². The molecule has 0 spiro atoms. The van der Waals surface area contributed by atoms with Crippen LogP contribution in [-0.4, -0.2) is 36.7 Å². The van der Waals surface area contributed by atoms with Gasteiger partial charge in [-0.05, 0) is 36.8 Å². The van der Waals surface area contributed by atoms with Gasteiger partial charge in [0.25, 0.3) is 0 Å². The van der Waals surface area contributed by atoms with E-state index in [1.807, 2.05) is 23.6 Å². The van der Waals surface area contributed by atoms with Gasteiger partial charge in [-0.1, -0.05) is 29.8 Å². The van der Waals surface area contributed by atoms with E-state index in [1.165, 1.54) is 0 Å². The third kappa shape index (κ3) is 5.85. The van der Waals surface area contributed by atoms with Gasteiger partial charge in [-0.3, -0.25) is 9.10 Å². The van der Waals surface area contributed by atoms with Crippen LogP contribution in [0.4, 0.5) is 18.9 Å². The third-order valence-corrected chi connectivity index (χ3v) is 6.25. The topological polar surface area (TPSA) is 84.3 Å². The van der Waals surface area contributed by atoms with Crippen LogP contribution in [-0.2, 0) is 27.5 Å². The Morgan fingerprint density at radius 2 is 1.91 bits per heavy atom. The lowest BCUT2D eigenvalue weighted by molar-refractivity contribution is -0.137. The number of amides is 1. The summed E-state index contributed by atoms with van der Waals surface area (Å²) in [6.07, 6.45) is -0.580. The number of aryl methyl sites for hydroxylation is 1. The zero-order valence-corrected chi connectivity index (χ0v) is 19.2. The van der Waals surface area contributed by atoms with Gasteiger partial charge in [0.05, 0.1) is 28.2 Å². The molecule has 1 N–H and O–H groups in total. The number of carbonyl (C=O) groups excluding carboxylic acids is 1. The van der Waals surface area contributed by atoms with E-state index in [9.17, 15) is 26.4 Å². The maximum atomic E-state index is 13.2. The zero-order chi connectivity index (χ0) is 24.4. The van der Waals surface area contributed by atoms with Gasteiger partial charge in [0.2, 0.25) is 15.9 Å². The molecule has 0 saturated carbocycles. The van der Waals surface area contributed by atoms with Crippen molar-refractivity contribution in [2.75, 3.05) is 17.1 Å². The Morgan fingerprint density at radius 1 is 1.21 bits per heavy atom. The number of nitrogens with one attached hydrogen (secondary N) is 1. The van der Waals surface area contributed by atoms with E-state index in [0.717, 1.165) is 35.5 Å². The molecule has 0 aliphatic carbocycles. The molecule has 3 aromatic rings. The summed E-state index contributed by atoms with van der Waals surface area (Å²) in [6.45, 7) is 1.18. The van der Waals surface area contributed by atoms with Crippen molar-refractivity contribution < 1.29 is 26.4 Å². The van der Waals surface area contributed by atoms with E-state index in [2.05, 4.69) is 10.3 Å². The predicted molar refractivity (Wildman–Crippen MR) is 119 cm³/mol. The number of hydrogen-bond donors (Lipinski definition) is 1. The monoisotopic (exact) mass is 500 g/mol. The van der Waals surface area contributed by atoms with Crippen LogP contribution in [0.25, 0.3) is 5.69 Å². The lowest BCUT2D eigenvalue weighted by atomic mass is 10.1. The molecule has 0 aliphatic heterocycles. The Kier molecular flexibility index (Phi) is 7.03. The molecule has 0 bridgehead atoms. The minimum atomic E-state index is -4.78. The summed E-state index contributed by atoms with van der Waals surface area (Å²) >= 11 is 5.62. The summed E-state index contributed by atoms with van der Waals surface area (Å²) in [5, 5.41) is 2.05. The highest BCUT2D eigenvalue weighted by atomic mass is 35.5. The van der Waals surface area contributed by atoms with Crippen molar-refractivity contribution in [3.8, 4) is 5.69 Å². The average Bonchev–Trinajstić information content (AvgIpc) is 3.15. The molecule has 1 aromatic heterocycles. The molecule has 7 nitrogen and oxygen atoms in total. The molecule has 176 valence electrons. The maximum Gasteiger partial charge on any atom is 0.417 e. The van der Waals surface area contributed by atoms with Crippen molar-refractivity contribution in [1.29, 1.82) is 0 Å². The van der Waals surface area contributed by atoms with Crippen molar-refractivity contribution in [3.63, 3.8) is 0 Å². The van der Waals surface area contributed by atoms with Crippen LogP contribution < -0.4 is 9.62 Å². The lowest BCUT2D eigenvalue weighted by Crippen LogP contribution is -2.40. The summed E-state index contributed by atoms with van der Waals surface area (Å²) in [6, 6.07) is 9.90. The number of anilines is 1. The van der Waals surface area contributed by atoms with Gasteiger partial charge in [0.1, 0.15) is 12.4 Å². The Labute approximate surface area is 193 Å². The second-order valence-electron chi connectivity index (χ2n) is 7.18. The fourth-order valence-electron chi connectivity index (χ4n) is 3.19. The Balaban J connectivity index is 1.81. The van der Waals surface area contributed by atoms with Crippen molar-refractivity contribution in [2.45, 2.75) is 19.6 Å². The molecule has 0 aliphatic rings. The van der Waals surface area contributed by atoms with Crippen molar-refractivity contribution in [1.82, 2.24) is 14.9 Å². The largest absolute Gasteiger partial charge is 0.417 e. The van der Waals surface area contributed by atoms with E-state index in [1.54, 1.807) is 24.5 Å². The molecule has 0 atom stereocenters. The molecule has 3 rings (SSSR count). The highest BCUT2D eigenvalue weighted by Gasteiger charge is 2.34. The fourth-order valence-corrected chi connectivity index (χ4v) is 4.27. The molecule has 1 amide bonds. The number of benzene rings is 2. The summed E-state index contributed by atoms with van der Waals surface area (Å²) in [7, 11) is -4.07. The number of halogens is 4. The minimum absolute atomic E-state index is 0.0681. The molecule has 0 fully saturated rings. The van der Waals surface area contributed by atoms with E-state index in [4.69, 9.17) is 11.6 Å². The second kappa shape index (κ2) is 9.44. The number of para-hydroxylation sites is 1. The average molecular weight is 501 g/mol. The van der Waals surface area contributed by atoms with Gasteiger partial charge in [-0.2, -0.15) is 13.2 Å². The molecule has 2 aromatic carbocycles. The van der Waals surface area contributed by atoms with Crippen molar-refractivity contribution in [2.24, 2.45) is 0 Å². The number of sulfonamides is 1. The van der Waals surface area contributed by atoms with E-state index in [-0.39, 0.29) is 12.2 Å². The smallest absolute Gasteiger partial charge is 0.350 e. The van der Waals surface area contributed by atoms with E-state index < -0.39 is 39.2 Å². The molecule has 0 saturated heterocycles. The van der Waals surface area contributed by atoms with Crippen LogP contribution in [0.15, 0.2) is 54.9 Å². The number of rotatable bonds is 7. The Morgan fingerprint density at radius 3 is 2.52 bits per heavy atom. The minimum Gasteiger partial charge on any atom is -0.350 e. The second-order valence-corrected chi connectivity index (χ2v) is 9.50. The van der Waals surface area contributed by atoms with Crippen LogP contribution >= 0.6 is 11.6 Å². The van der Waals surface area contributed by atoms with Gasteiger partial charge >= 0.3 is 6.18 Å². The number of carbonyl (C=O) groups is 1. The number of aromatic nitrogens is 2. The SMILES string of the molecule is Cc1nccn1-c1ccccc1CNC(=O)CN(c1ccc(Cl)c(C(F)(F)F)c1)S(C)(=O)=O. The summed E-state index contributed by atoms with van der Waals surface area (Å²) in [4.78, 5) is 16.7. The number of alkyl halides is 3. The first kappa shape index (κ1) is 24.6. The standard InChI is InChI=1S/C21H20ClF3N4O3S/c1-14-26-9-10-28(14)19-6-4-3-5-15(19)12-27-20(30)13-29(33(2,31)32)16-7-8-18(22)17(11-16)21(23,24)25/h3-11H,12-13H2,1-2H3,(H,27,30). The summed E-state index contributed by atoms with van der Waals surface area (Å²) in [5.74, 6) is 0.0429. The molecular formula is C21H20ClF3N4O3S. The number of imidazole rings is 1. The Bertz CT molecular complexity index is 1280. The fraction of sp³-hybridized carbons (Fsp3) is 0.238. The first-order valence-corrected chi connectivity index (χ1v) is 11.8. The zero-order valence-electron chi connectivity index (χ0n) is 17.6. The van der Waals surface area contributed by atoms with E-state index >= 15 is 0 Å². The Hall–Kier alpha value is -3.05. The maximum absolute atomic E-state index is 13.2. The van der Waals surface area contributed by atoms with Gasteiger partial charge in [-0.15, -0.1) is 0 Å². The van der Waals surface area contributed by atoms with Gasteiger partial charge in [-0.25, -0.2) is 13.4 Å². The van der Waals surface area contributed by atoms with Crippen LogP contribution in [0, 0.1) is 6.92 Å². The van der Waals surface area contributed by atoms with Crippen LogP contribution in [0.2, 0.25) is 5.02 Å². The molecule has 1 heterocycles. The van der Waals surface area contributed by atoms with Crippen molar-refractivity contribution in [3.05, 3.63) is 76.8 Å². The van der Waals surface area contributed by atoms with Crippen LogP contribution in [0.3, 0.4) is 0 Å². The molecule has 0 radical (unpaired) electrons. The lowest BCUT2D eigenvalue weighted by Gasteiger charge is -2.23. The molecule has 33 heavy (non-hydrogen) atoms. The first-order chi connectivity index (χ1) is 15.4. The van der Waals surface area contributed by atoms with Crippen molar-refractivity contribution >= 4 is 33.2 Å². The van der Waals surface area contributed by atoms with Gasteiger partial charge in [0, 0.05) is 18.9 Å².